The summed E-state index contributed by atoms with van der Waals surface area (Å²) in [7, 11) is 0. The first-order valence-electron chi connectivity index (χ1n) is 8.92. The number of aromatic nitrogens is 3. The molecule has 1 saturated heterocycles. The second-order valence-corrected chi connectivity index (χ2v) is 6.73. The smallest absolute Gasteiger partial charge is 0.183 e. The highest BCUT2D eigenvalue weighted by molar-refractivity contribution is 5.73. The minimum atomic E-state index is 0.674. The second-order valence-electron chi connectivity index (χ2n) is 6.73. The van der Waals surface area contributed by atoms with E-state index in [9.17, 15) is 0 Å². The first kappa shape index (κ1) is 15.8. The SMILES string of the molecule is CC1CCCN(c2nc(-c3ccccc3)nnc2-c2ccccc2)C1. The van der Waals surface area contributed by atoms with Crippen molar-refractivity contribution in [3.8, 4) is 22.6 Å². The van der Waals surface area contributed by atoms with Gasteiger partial charge in [0.2, 0.25) is 0 Å². The molecule has 0 bridgehead atoms. The minimum Gasteiger partial charge on any atom is -0.354 e. The zero-order valence-electron chi connectivity index (χ0n) is 14.5. The molecule has 1 fully saturated rings. The normalized spacial score (nSPS) is 17.5. The Morgan fingerprint density at radius 3 is 2.24 bits per heavy atom. The minimum absolute atomic E-state index is 0.674. The Labute approximate surface area is 148 Å². The van der Waals surface area contributed by atoms with Gasteiger partial charge in [0.1, 0.15) is 5.69 Å². The van der Waals surface area contributed by atoms with Crippen molar-refractivity contribution in [1.82, 2.24) is 15.2 Å². The van der Waals surface area contributed by atoms with Gasteiger partial charge in [-0.15, -0.1) is 10.2 Å². The van der Waals surface area contributed by atoms with Crippen molar-refractivity contribution in [2.75, 3.05) is 18.0 Å². The van der Waals surface area contributed by atoms with Crippen LogP contribution >= 0.6 is 0 Å². The molecule has 0 radical (unpaired) electrons. The summed E-state index contributed by atoms with van der Waals surface area (Å²) >= 11 is 0. The summed E-state index contributed by atoms with van der Waals surface area (Å²) in [4.78, 5) is 7.30. The van der Waals surface area contributed by atoms with Crippen molar-refractivity contribution in [1.29, 1.82) is 0 Å². The van der Waals surface area contributed by atoms with Crippen LogP contribution in [0, 0.1) is 5.92 Å². The van der Waals surface area contributed by atoms with E-state index in [1.54, 1.807) is 0 Å². The molecule has 1 atom stereocenters. The van der Waals surface area contributed by atoms with Crippen molar-refractivity contribution in [3.63, 3.8) is 0 Å². The molecule has 4 nitrogen and oxygen atoms in total. The highest BCUT2D eigenvalue weighted by Gasteiger charge is 2.23. The average molecular weight is 330 g/mol. The van der Waals surface area contributed by atoms with Gasteiger partial charge in [-0.2, -0.15) is 0 Å². The number of piperidine rings is 1. The third kappa shape index (κ3) is 3.38. The molecular weight excluding hydrogens is 308 g/mol. The van der Waals surface area contributed by atoms with Crippen LogP contribution in [0.2, 0.25) is 0 Å². The lowest BCUT2D eigenvalue weighted by Gasteiger charge is -2.32. The third-order valence-corrected chi connectivity index (χ3v) is 4.70. The van der Waals surface area contributed by atoms with E-state index in [0.717, 1.165) is 35.7 Å². The summed E-state index contributed by atoms with van der Waals surface area (Å²) in [5.74, 6) is 2.31. The maximum Gasteiger partial charge on any atom is 0.183 e. The van der Waals surface area contributed by atoms with E-state index in [2.05, 4.69) is 34.2 Å². The molecule has 0 N–H and O–H groups in total. The molecule has 1 aliphatic rings. The van der Waals surface area contributed by atoms with E-state index in [-0.39, 0.29) is 0 Å². The average Bonchev–Trinajstić information content (AvgIpc) is 2.69. The number of benzene rings is 2. The molecule has 4 rings (SSSR count). The maximum atomic E-state index is 4.93. The molecule has 1 aromatic heterocycles. The molecule has 4 heteroatoms. The molecule has 0 saturated carbocycles. The Hall–Kier alpha value is -2.75. The molecule has 2 heterocycles. The zero-order chi connectivity index (χ0) is 17.1. The first-order chi connectivity index (χ1) is 12.3. The van der Waals surface area contributed by atoms with Crippen LogP contribution in [0.1, 0.15) is 19.8 Å². The van der Waals surface area contributed by atoms with Crippen molar-refractivity contribution in [3.05, 3.63) is 60.7 Å². The lowest BCUT2D eigenvalue weighted by Crippen LogP contribution is -2.35. The van der Waals surface area contributed by atoms with Crippen LogP contribution < -0.4 is 4.90 Å². The topological polar surface area (TPSA) is 41.9 Å². The molecule has 3 aromatic rings. The van der Waals surface area contributed by atoms with Crippen LogP contribution in [-0.2, 0) is 0 Å². The molecule has 0 aliphatic carbocycles. The van der Waals surface area contributed by atoms with Gasteiger partial charge < -0.3 is 4.90 Å². The van der Waals surface area contributed by atoms with E-state index in [4.69, 9.17) is 4.98 Å². The van der Waals surface area contributed by atoms with E-state index < -0.39 is 0 Å². The first-order valence-corrected chi connectivity index (χ1v) is 8.92. The molecule has 0 spiro atoms. The Morgan fingerprint density at radius 2 is 1.56 bits per heavy atom. The second kappa shape index (κ2) is 7.01. The lowest BCUT2D eigenvalue weighted by atomic mass is 10.00. The summed E-state index contributed by atoms with van der Waals surface area (Å²) in [6.07, 6.45) is 2.47. The van der Waals surface area contributed by atoms with E-state index in [1.807, 2.05) is 48.5 Å². The molecule has 1 aliphatic heterocycles. The standard InChI is InChI=1S/C21H22N4/c1-16-9-8-14-25(15-16)21-19(17-10-4-2-5-11-17)23-24-20(22-21)18-12-6-3-7-13-18/h2-7,10-13,16H,8-9,14-15H2,1H3. The molecule has 1 unspecified atom stereocenters. The van der Waals surface area contributed by atoms with Gasteiger partial charge in [-0.1, -0.05) is 67.6 Å². The predicted octanol–water partition coefficient (Wildman–Crippen LogP) is 4.44. The van der Waals surface area contributed by atoms with E-state index in [0.29, 0.717) is 11.7 Å². The zero-order valence-corrected chi connectivity index (χ0v) is 14.5. The number of nitrogens with zero attached hydrogens (tertiary/aromatic N) is 4. The fraction of sp³-hybridized carbons (Fsp3) is 0.286. The van der Waals surface area contributed by atoms with Gasteiger partial charge in [0, 0.05) is 24.2 Å². The van der Waals surface area contributed by atoms with Crippen molar-refractivity contribution < 1.29 is 0 Å². The fourth-order valence-electron chi connectivity index (χ4n) is 3.41. The van der Waals surface area contributed by atoms with Crippen LogP contribution in [0.3, 0.4) is 0 Å². The Balaban J connectivity index is 1.81. The number of hydrogen-bond donors (Lipinski definition) is 0. The van der Waals surface area contributed by atoms with Crippen molar-refractivity contribution in [2.24, 2.45) is 5.92 Å². The van der Waals surface area contributed by atoms with Gasteiger partial charge in [0.05, 0.1) is 0 Å². The van der Waals surface area contributed by atoms with Crippen LogP contribution in [-0.4, -0.2) is 28.3 Å². The quantitative estimate of drug-likeness (QED) is 0.712. The molecule has 25 heavy (non-hydrogen) atoms. The molecule has 126 valence electrons. The van der Waals surface area contributed by atoms with Gasteiger partial charge in [-0.05, 0) is 18.8 Å². The lowest BCUT2D eigenvalue weighted by molar-refractivity contribution is 0.444. The number of hydrogen-bond acceptors (Lipinski definition) is 4. The summed E-state index contributed by atoms with van der Waals surface area (Å²) in [5, 5.41) is 8.98. The van der Waals surface area contributed by atoms with Gasteiger partial charge in [-0.25, -0.2) is 4.98 Å². The van der Waals surface area contributed by atoms with Gasteiger partial charge in [-0.3, -0.25) is 0 Å². The Bertz CT molecular complexity index is 833. The van der Waals surface area contributed by atoms with Crippen molar-refractivity contribution >= 4 is 5.82 Å². The van der Waals surface area contributed by atoms with Crippen LogP contribution in [0.25, 0.3) is 22.6 Å². The molecule has 2 aromatic carbocycles. The third-order valence-electron chi connectivity index (χ3n) is 4.70. The largest absolute Gasteiger partial charge is 0.354 e. The van der Waals surface area contributed by atoms with E-state index >= 15 is 0 Å². The Kier molecular flexibility index (Phi) is 4.42. The van der Waals surface area contributed by atoms with Crippen molar-refractivity contribution in [2.45, 2.75) is 19.8 Å². The highest BCUT2D eigenvalue weighted by Crippen LogP contribution is 2.31. The van der Waals surface area contributed by atoms with Gasteiger partial charge in [0.25, 0.3) is 0 Å². The molecular formula is C21H22N4. The summed E-state index contributed by atoms with van der Waals surface area (Å²) in [5.41, 5.74) is 2.94. The highest BCUT2D eigenvalue weighted by atomic mass is 15.3. The molecule has 0 amide bonds. The van der Waals surface area contributed by atoms with Crippen LogP contribution in [0.5, 0.6) is 0 Å². The van der Waals surface area contributed by atoms with Crippen LogP contribution in [0.15, 0.2) is 60.7 Å². The van der Waals surface area contributed by atoms with E-state index in [1.165, 1.54) is 12.8 Å². The summed E-state index contributed by atoms with van der Waals surface area (Å²) < 4.78 is 0. The number of anilines is 1. The Morgan fingerprint density at radius 1 is 0.880 bits per heavy atom. The fourth-order valence-corrected chi connectivity index (χ4v) is 3.41. The number of rotatable bonds is 3. The predicted molar refractivity (Wildman–Crippen MR) is 101 cm³/mol. The monoisotopic (exact) mass is 330 g/mol. The van der Waals surface area contributed by atoms with Gasteiger partial charge >= 0.3 is 0 Å². The van der Waals surface area contributed by atoms with Gasteiger partial charge in [0.15, 0.2) is 11.6 Å². The van der Waals surface area contributed by atoms with Crippen LogP contribution in [0.4, 0.5) is 5.82 Å². The summed E-state index contributed by atoms with van der Waals surface area (Å²) in [6, 6.07) is 20.3. The maximum absolute atomic E-state index is 4.93. The summed E-state index contributed by atoms with van der Waals surface area (Å²) in [6.45, 7) is 4.35.